The maximum atomic E-state index is 12.4. The molecule has 1 fully saturated rings. The molecule has 1 aliphatic heterocycles. The fourth-order valence-corrected chi connectivity index (χ4v) is 2.76. The number of aryl methyl sites for hydroxylation is 1. The molecule has 0 bridgehead atoms. The third-order valence-electron chi connectivity index (χ3n) is 4.25. The minimum atomic E-state index is -0.0936. The first-order chi connectivity index (χ1) is 12.1. The Hall–Kier alpha value is -2.89. The van der Waals surface area contributed by atoms with Crippen LogP contribution in [0, 0.1) is 6.92 Å². The Balaban J connectivity index is 1.49. The predicted octanol–water partition coefficient (Wildman–Crippen LogP) is 1.75. The summed E-state index contributed by atoms with van der Waals surface area (Å²) in [5, 5.41) is 0. The molecular weight excluding hydrogens is 318 g/mol. The van der Waals surface area contributed by atoms with Gasteiger partial charge in [0.15, 0.2) is 6.61 Å². The smallest absolute Gasteiger partial charge is 0.272 e. The van der Waals surface area contributed by atoms with Crippen LogP contribution >= 0.6 is 0 Å². The van der Waals surface area contributed by atoms with Gasteiger partial charge in [-0.2, -0.15) is 0 Å². The lowest BCUT2D eigenvalue weighted by molar-refractivity contribution is -0.134. The number of carbonyl (C=O) groups excluding carboxylic acids is 2. The Kier molecular flexibility index (Phi) is 5.28. The van der Waals surface area contributed by atoms with Crippen molar-refractivity contribution in [3.8, 4) is 5.75 Å². The van der Waals surface area contributed by atoms with Crippen molar-refractivity contribution in [2.75, 3.05) is 32.8 Å². The number of piperazine rings is 1. The second-order valence-electron chi connectivity index (χ2n) is 5.94. The van der Waals surface area contributed by atoms with E-state index in [1.54, 1.807) is 34.2 Å². The van der Waals surface area contributed by atoms with E-state index in [0.29, 0.717) is 31.9 Å². The molecule has 6 heteroatoms. The van der Waals surface area contributed by atoms with E-state index >= 15 is 0 Å². The maximum absolute atomic E-state index is 12.4. The number of amides is 2. The lowest BCUT2D eigenvalue weighted by atomic mass is 10.2. The van der Waals surface area contributed by atoms with Gasteiger partial charge in [0.1, 0.15) is 11.4 Å². The van der Waals surface area contributed by atoms with Crippen LogP contribution in [0.15, 0.2) is 48.7 Å². The molecule has 1 saturated heterocycles. The van der Waals surface area contributed by atoms with E-state index in [9.17, 15) is 9.59 Å². The van der Waals surface area contributed by atoms with Crippen molar-refractivity contribution in [3.05, 3.63) is 59.9 Å². The molecule has 2 aromatic rings. The zero-order valence-corrected chi connectivity index (χ0v) is 14.2. The van der Waals surface area contributed by atoms with Crippen molar-refractivity contribution in [1.29, 1.82) is 0 Å². The predicted molar refractivity (Wildman–Crippen MR) is 93.4 cm³/mol. The van der Waals surface area contributed by atoms with E-state index < -0.39 is 0 Å². The largest absolute Gasteiger partial charge is 0.484 e. The monoisotopic (exact) mass is 339 g/mol. The van der Waals surface area contributed by atoms with Crippen LogP contribution < -0.4 is 4.74 Å². The second-order valence-corrected chi connectivity index (χ2v) is 5.94. The molecule has 2 amide bonds. The molecule has 0 saturated carbocycles. The number of aromatic nitrogens is 1. The Morgan fingerprint density at radius 3 is 2.36 bits per heavy atom. The molecule has 0 aliphatic carbocycles. The summed E-state index contributed by atoms with van der Waals surface area (Å²) < 4.78 is 5.61. The van der Waals surface area contributed by atoms with Crippen molar-refractivity contribution < 1.29 is 14.3 Å². The highest BCUT2D eigenvalue weighted by atomic mass is 16.5. The fraction of sp³-hybridized carbons (Fsp3) is 0.316. The van der Waals surface area contributed by atoms with Crippen LogP contribution in [-0.4, -0.2) is 59.4 Å². The topological polar surface area (TPSA) is 62.7 Å². The molecule has 1 aliphatic rings. The van der Waals surface area contributed by atoms with Crippen LogP contribution in [0.4, 0.5) is 0 Å². The van der Waals surface area contributed by atoms with Crippen molar-refractivity contribution in [2.24, 2.45) is 0 Å². The molecular formula is C19H21N3O3. The first-order valence-electron chi connectivity index (χ1n) is 8.31. The van der Waals surface area contributed by atoms with Crippen LogP contribution in [0.2, 0.25) is 0 Å². The van der Waals surface area contributed by atoms with Crippen molar-refractivity contribution in [1.82, 2.24) is 14.8 Å². The molecule has 2 heterocycles. The van der Waals surface area contributed by atoms with E-state index in [1.807, 2.05) is 31.2 Å². The van der Waals surface area contributed by atoms with Gasteiger partial charge in [-0.1, -0.05) is 24.3 Å². The van der Waals surface area contributed by atoms with Gasteiger partial charge in [0.25, 0.3) is 11.8 Å². The average molecular weight is 339 g/mol. The average Bonchev–Trinajstić information content (AvgIpc) is 2.67. The summed E-state index contributed by atoms with van der Waals surface area (Å²) in [5.41, 5.74) is 1.44. The Labute approximate surface area is 147 Å². The molecule has 0 radical (unpaired) electrons. The van der Waals surface area contributed by atoms with Gasteiger partial charge in [0.2, 0.25) is 0 Å². The maximum Gasteiger partial charge on any atom is 0.272 e. The van der Waals surface area contributed by atoms with E-state index in [1.165, 1.54) is 0 Å². The first-order valence-corrected chi connectivity index (χ1v) is 8.31. The van der Waals surface area contributed by atoms with Crippen molar-refractivity contribution in [3.63, 3.8) is 0 Å². The number of rotatable bonds is 4. The number of hydrogen-bond acceptors (Lipinski definition) is 4. The number of nitrogens with zero attached hydrogens (tertiary/aromatic N) is 3. The molecule has 0 spiro atoms. The minimum absolute atomic E-state index is 0.0129. The minimum Gasteiger partial charge on any atom is -0.484 e. The van der Waals surface area contributed by atoms with Gasteiger partial charge in [-0.3, -0.25) is 14.6 Å². The first kappa shape index (κ1) is 17.0. The summed E-state index contributed by atoms with van der Waals surface area (Å²) in [6, 6.07) is 12.9. The number of hydrogen-bond donors (Lipinski definition) is 0. The van der Waals surface area contributed by atoms with Gasteiger partial charge in [0, 0.05) is 32.4 Å². The Bertz CT molecular complexity index is 741. The van der Waals surface area contributed by atoms with Crippen LogP contribution in [0.25, 0.3) is 0 Å². The van der Waals surface area contributed by atoms with E-state index in [2.05, 4.69) is 4.98 Å². The van der Waals surface area contributed by atoms with Crippen LogP contribution in [0.1, 0.15) is 16.1 Å². The lowest BCUT2D eigenvalue weighted by Crippen LogP contribution is -2.51. The van der Waals surface area contributed by atoms with Gasteiger partial charge in [0.05, 0.1) is 0 Å². The number of ether oxygens (including phenoxy) is 1. The molecule has 0 unspecified atom stereocenters. The lowest BCUT2D eigenvalue weighted by Gasteiger charge is -2.34. The molecule has 130 valence electrons. The molecule has 3 rings (SSSR count). The normalized spacial score (nSPS) is 14.3. The summed E-state index contributed by atoms with van der Waals surface area (Å²) in [5.74, 6) is 0.567. The SMILES string of the molecule is Cc1ccccc1OCC(=O)N1CCN(C(=O)c2ccccn2)CC1. The van der Waals surface area contributed by atoms with E-state index in [-0.39, 0.29) is 18.4 Å². The quantitative estimate of drug-likeness (QED) is 0.851. The third-order valence-corrected chi connectivity index (χ3v) is 4.25. The summed E-state index contributed by atoms with van der Waals surface area (Å²) in [6.07, 6.45) is 1.61. The fourth-order valence-electron chi connectivity index (χ4n) is 2.76. The van der Waals surface area contributed by atoms with Gasteiger partial charge in [-0.05, 0) is 30.7 Å². The van der Waals surface area contributed by atoms with Crippen LogP contribution in [-0.2, 0) is 4.79 Å². The van der Waals surface area contributed by atoms with Crippen molar-refractivity contribution >= 4 is 11.8 Å². The third kappa shape index (κ3) is 4.15. The molecule has 25 heavy (non-hydrogen) atoms. The summed E-state index contributed by atoms with van der Waals surface area (Å²) in [6.45, 7) is 3.99. The highest BCUT2D eigenvalue weighted by Gasteiger charge is 2.25. The zero-order valence-electron chi connectivity index (χ0n) is 14.2. The van der Waals surface area contributed by atoms with Gasteiger partial charge in [-0.25, -0.2) is 0 Å². The highest BCUT2D eigenvalue weighted by molar-refractivity contribution is 5.92. The number of benzene rings is 1. The number of carbonyl (C=O) groups is 2. The molecule has 1 aromatic carbocycles. The molecule has 0 N–H and O–H groups in total. The van der Waals surface area contributed by atoms with E-state index in [4.69, 9.17) is 4.74 Å². The summed E-state index contributed by atoms with van der Waals surface area (Å²) in [4.78, 5) is 32.2. The summed E-state index contributed by atoms with van der Waals surface area (Å²) >= 11 is 0. The molecule has 6 nitrogen and oxygen atoms in total. The highest BCUT2D eigenvalue weighted by Crippen LogP contribution is 2.16. The van der Waals surface area contributed by atoms with Gasteiger partial charge < -0.3 is 14.5 Å². The summed E-state index contributed by atoms with van der Waals surface area (Å²) in [7, 11) is 0. The van der Waals surface area contributed by atoms with Crippen LogP contribution in [0.5, 0.6) is 5.75 Å². The van der Waals surface area contributed by atoms with Gasteiger partial charge >= 0.3 is 0 Å². The Morgan fingerprint density at radius 1 is 1.00 bits per heavy atom. The van der Waals surface area contributed by atoms with Crippen molar-refractivity contribution in [2.45, 2.75) is 6.92 Å². The zero-order chi connectivity index (χ0) is 17.6. The van der Waals surface area contributed by atoms with Gasteiger partial charge in [-0.15, -0.1) is 0 Å². The molecule has 1 aromatic heterocycles. The van der Waals surface area contributed by atoms with Crippen LogP contribution in [0.3, 0.4) is 0 Å². The standard InChI is InChI=1S/C19H21N3O3/c1-15-6-2-3-8-17(15)25-14-18(23)21-10-12-22(13-11-21)19(24)16-7-4-5-9-20-16/h2-9H,10-14H2,1H3. The number of para-hydroxylation sites is 1. The number of pyridine rings is 1. The molecule has 0 atom stereocenters. The van der Waals surface area contributed by atoms with E-state index in [0.717, 1.165) is 11.3 Å². The Morgan fingerprint density at radius 2 is 1.68 bits per heavy atom. The second kappa shape index (κ2) is 7.79.